The van der Waals surface area contributed by atoms with E-state index in [9.17, 15) is 0 Å². The summed E-state index contributed by atoms with van der Waals surface area (Å²) in [6.07, 6.45) is 0. The van der Waals surface area contributed by atoms with Crippen molar-refractivity contribution in [2.75, 3.05) is 6.61 Å². The van der Waals surface area contributed by atoms with E-state index in [4.69, 9.17) is 4.74 Å². The number of para-hydroxylation sites is 1. The van der Waals surface area contributed by atoms with Crippen LogP contribution in [0, 0.1) is 6.92 Å². The quantitative estimate of drug-likeness (QED) is 0.699. The Hall–Kier alpha value is -1.76. The van der Waals surface area contributed by atoms with Gasteiger partial charge in [0.2, 0.25) is 0 Å². The number of hydrogen-bond acceptors (Lipinski definition) is 1. The van der Waals surface area contributed by atoms with Gasteiger partial charge in [-0.2, -0.15) is 0 Å². The van der Waals surface area contributed by atoms with Crippen molar-refractivity contribution in [3.8, 4) is 5.75 Å². The Morgan fingerprint density at radius 3 is 2.62 bits per heavy atom. The zero-order valence-electron chi connectivity index (χ0n) is 9.31. The van der Waals surface area contributed by atoms with Crippen LogP contribution in [0.25, 0.3) is 0 Å². The highest BCUT2D eigenvalue weighted by Crippen LogP contribution is 2.39. The fourth-order valence-corrected chi connectivity index (χ4v) is 2.36. The van der Waals surface area contributed by atoms with Crippen molar-refractivity contribution in [2.24, 2.45) is 0 Å². The first-order valence-corrected chi connectivity index (χ1v) is 5.63. The van der Waals surface area contributed by atoms with Gasteiger partial charge in [0.1, 0.15) is 5.75 Å². The lowest BCUT2D eigenvalue weighted by molar-refractivity contribution is 0.341. The molecule has 1 heteroatoms. The van der Waals surface area contributed by atoms with Crippen LogP contribution in [0.4, 0.5) is 0 Å². The zero-order chi connectivity index (χ0) is 11.0. The summed E-state index contributed by atoms with van der Waals surface area (Å²) in [7, 11) is 0. The van der Waals surface area contributed by atoms with Crippen LogP contribution in [0.15, 0.2) is 48.5 Å². The molecule has 2 aromatic rings. The van der Waals surface area contributed by atoms with Crippen LogP contribution >= 0.6 is 0 Å². The summed E-state index contributed by atoms with van der Waals surface area (Å²) in [5.41, 5.74) is 3.90. The molecule has 1 aliphatic heterocycles. The van der Waals surface area contributed by atoms with Crippen LogP contribution in [0.1, 0.15) is 22.6 Å². The van der Waals surface area contributed by atoms with Crippen LogP contribution in [0.5, 0.6) is 5.75 Å². The number of rotatable bonds is 1. The topological polar surface area (TPSA) is 9.23 Å². The average molecular weight is 210 g/mol. The number of ether oxygens (including phenoxy) is 1. The van der Waals surface area contributed by atoms with Crippen molar-refractivity contribution in [1.29, 1.82) is 0 Å². The lowest BCUT2D eigenvalue weighted by atomic mass is 9.92. The molecule has 0 spiro atoms. The molecule has 80 valence electrons. The summed E-state index contributed by atoms with van der Waals surface area (Å²) in [6, 6.07) is 17.0. The van der Waals surface area contributed by atoms with Gasteiger partial charge < -0.3 is 4.74 Å². The molecule has 1 unspecified atom stereocenters. The van der Waals surface area contributed by atoms with Crippen LogP contribution in [0.3, 0.4) is 0 Å². The summed E-state index contributed by atoms with van der Waals surface area (Å²) in [5.74, 6) is 1.48. The first-order chi connectivity index (χ1) is 7.86. The maximum Gasteiger partial charge on any atom is 0.126 e. The summed E-state index contributed by atoms with van der Waals surface area (Å²) >= 11 is 0. The molecule has 3 rings (SSSR count). The number of fused-ring (bicyclic) bond motifs is 1. The first-order valence-electron chi connectivity index (χ1n) is 5.63. The molecule has 0 aliphatic carbocycles. The summed E-state index contributed by atoms with van der Waals surface area (Å²) in [6.45, 7) is 2.87. The van der Waals surface area contributed by atoms with Gasteiger partial charge in [-0.3, -0.25) is 0 Å². The Morgan fingerprint density at radius 1 is 1.00 bits per heavy atom. The van der Waals surface area contributed by atoms with Crippen molar-refractivity contribution >= 4 is 0 Å². The Labute approximate surface area is 95.7 Å². The summed E-state index contributed by atoms with van der Waals surface area (Å²) in [4.78, 5) is 0. The minimum absolute atomic E-state index is 0.399. The minimum Gasteiger partial charge on any atom is -0.492 e. The van der Waals surface area contributed by atoms with Gasteiger partial charge in [0.15, 0.2) is 0 Å². The molecule has 0 bridgehead atoms. The van der Waals surface area contributed by atoms with E-state index >= 15 is 0 Å². The monoisotopic (exact) mass is 210 g/mol. The molecule has 0 fully saturated rings. The molecule has 0 saturated heterocycles. The van der Waals surface area contributed by atoms with E-state index in [1.54, 1.807) is 0 Å². The highest BCUT2D eigenvalue weighted by atomic mass is 16.5. The van der Waals surface area contributed by atoms with Gasteiger partial charge >= 0.3 is 0 Å². The van der Waals surface area contributed by atoms with E-state index in [1.165, 1.54) is 16.7 Å². The van der Waals surface area contributed by atoms with E-state index in [1.807, 2.05) is 0 Å². The normalized spacial score (nSPS) is 17.9. The molecule has 1 aliphatic rings. The van der Waals surface area contributed by atoms with E-state index in [0.29, 0.717) is 5.92 Å². The van der Waals surface area contributed by atoms with Gasteiger partial charge in [-0.15, -0.1) is 0 Å². The van der Waals surface area contributed by atoms with Crippen LogP contribution in [0.2, 0.25) is 0 Å². The molecule has 2 aromatic carbocycles. The van der Waals surface area contributed by atoms with E-state index in [0.717, 1.165) is 12.4 Å². The Bertz CT molecular complexity index is 502. The highest BCUT2D eigenvalue weighted by Gasteiger charge is 2.26. The molecule has 0 saturated carbocycles. The second kappa shape index (κ2) is 3.67. The third kappa shape index (κ3) is 1.40. The van der Waals surface area contributed by atoms with Gasteiger partial charge in [-0.25, -0.2) is 0 Å². The Morgan fingerprint density at radius 2 is 1.81 bits per heavy atom. The largest absolute Gasteiger partial charge is 0.492 e. The fourth-order valence-electron chi connectivity index (χ4n) is 2.36. The third-order valence-electron chi connectivity index (χ3n) is 3.21. The van der Waals surface area contributed by atoms with Crippen molar-refractivity contribution < 1.29 is 4.74 Å². The van der Waals surface area contributed by atoms with E-state index in [-0.39, 0.29) is 0 Å². The highest BCUT2D eigenvalue weighted by molar-refractivity contribution is 5.49. The Balaban J connectivity index is 2.07. The predicted molar refractivity (Wildman–Crippen MR) is 65.0 cm³/mol. The number of benzene rings is 2. The van der Waals surface area contributed by atoms with Crippen molar-refractivity contribution in [3.05, 3.63) is 65.2 Å². The zero-order valence-corrected chi connectivity index (χ0v) is 9.31. The summed E-state index contributed by atoms with van der Waals surface area (Å²) in [5, 5.41) is 0. The van der Waals surface area contributed by atoms with Crippen molar-refractivity contribution in [2.45, 2.75) is 12.8 Å². The predicted octanol–water partition coefficient (Wildman–Crippen LogP) is 3.52. The lowest BCUT2D eigenvalue weighted by Gasteiger charge is -2.08. The fraction of sp³-hybridized carbons (Fsp3) is 0.200. The van der Waals surface area contributed by atoms with Crippen LogP contribution in [-0.2, 0) is 0 Å². The molecule has 0 amide bonds. The van der Waals surface area contributed by atoms with Gasteiger partial charge in [-0.05, 0) is 18.1 Å². The van der Waals surface area contributed by atoms with E-state index in [2.05, 4.69) is 55.5 Å². The Kier molecular flexibility index (Phi) is 2.17. The molecule has 16 heavy (non-hydrogen) atoms. The maximum atomic E-state index is 5.80. The number of hydrogen-bond donors (Lipinski definition) is 0. The molecular weight excluding hydrogens is 196 g/mol. The molecular formula is C15H14O. The standard InChI is InChI=1S/C15H14O/c1-11-6-5-9-13-14(10-16-15(11)13)12-7-3-2-4-8-12/h2-9,14H,10H2,1H3. The SMILES string of the molecule is Cc1cccc2c1OCC2c1ccccc1. The van der Waals surface area contributed by atoms with Crippen molar-refractivity contribution in [1.82, 2.24) is 0 Å². The van der Waals surface area contributed by atoms with Crippen LogP contribution < -0.4 is 4.74 Å². The number of aryl methyl sites for hydroxylation is 1. The second-order valence-corrected chi connectivity index (χ2v) is 4.27. The third-order valence-corrected chi connectivity index (χ3v) is 3.21. The molecule has 0 radical (unpaired) electrons. The first kappa shape index (κ1) is 9.46. The van der Waals surface area contributed by atoms with Gasteiger partial charge in [0, 0.05) is 11.5 Å². The lowest BCUT2D eigenvalue weighted by Crippen LogP contribution is -2.01. The molecule has 1 heterocycles. The summed E-state index contributed by atoms with van der Waals surface area (Å²) < 4.78 is 5.80. The average Bonchev–Trinajstić information content (AvgIpc) is 2.75. The molecule has 0 aromatic heterocycles. The smallest absolute Gasteiger partial charge is 0.126 e. The van der Waals surface area contributed by atoms with Crippen LogP contribution in [-0.4, -0.2) is 6.61 Å². The van der Waals surface area contributed by atoms with Gasteiger partial charge in [0.05, 0.1) is 6.61 Å². The van der Waals surface area contributed by atoms with Gasteiger partial charge in [-0.1, -0.05) is 48.5 Å². The molecule has 0 N–H and O–H groups in total. The van der Waals surface area contributed by atoms with Gasteiger partial charge in [0.25, 0.3) is 0 Å². The molecule has 1 atom stereocenters. The van der Waals surface area contributed by atoms with Crippen molar-refractivity contribution in [3.63, 3.8) is 0 Å². The molecule has 1 nitrogen and oxygen atoms in total. The second-order valence-electron chi connectivity index (χ2n) is 4.27. The minimum atomic E-state index is 0.399. The maximum absolute atomic E-state index is 5.80. The van der Waals surface area contributed by atoms with E-state index < -0.39 is 0 Å².